The SMILES string of the molecule is CCCCCCCCCCCCCCC(CN)C(=O)c1ccc(OC)cc1. The molecule has 0 spiro atoms. The quantitative estimate of drug-likeness (QED) is 0.248. The summed E-state index contributed by atoms with van der Waals surface area (Å²) in [5.41, 5.74) is 6.60. The highest BCUT2D eigenvalue weighted by Gasteiger charge is 2.18. The van der Waals surface area contributed by atoms with Crippen LogP contribution in [-0.2, 0) is 0 Å². The highest BCUT2D eigenvalue weighted by atomic mass is 16.5. The molecule has 3 nitrogen and oxygen atoms in total. The molecular weight excluding hydrogens is 334 g/mol. The van der Waals surface area contributed by atoms with Crippen molar-refractivity contribution < 1.29 is 9.53 Å². The van der Waals surface area contributed by atoms with Crippen molar-refractivity contribution in [2.45, 2.75) is 90.4 Å². The van der Waals surface area contributed by atoms with Crippen molar-refractivity contribution in [1.29, 1.82) is 0 Å². The summed E-state index contributed by atoms with van der Waals surface area (Å²) in [5.74, 6) is 0.890. The van der Waals surface area contributed by atoms with Crippen molar-refractivity contribution in [3.8, 4) is 5.75 Å². The van der Waals surface area contributed by atoms with Crippen LogP contribution in [0.25, 0.3) is 0 Å². The standard InChI is InChI=1S/C24H41NO2/c1-3-4-5-6-7-8-9-10-11-12-13-14-15-22(20-25)24(26)21-16-18-23(27-2)19-17-21/h16-19,22H,3-15,20,25H2,1-2H3. The Morgan fingerprint density at radius 1 is 0.852 bits per heavy atom. The van der Waals surface area contributed by atoms with E-state index in [9.17, 15) is 4.79 Å². The number of nitrogens with two attached hydrogens (primary N) is 1. The predicted octanol–water partition coefficient (Wildman–Crippen LogP) is 6.54. The Morgan fingerprint density at radius 3 is 1.78 bits per heavy atom. The van der Waals surface area contributed by atoms with E-state index in [2.05, 4.69) is 6.92 Å². The molecule has 1 atom stereocenters. The molecule has 1 rings (SSSR count). The summed E-state index contributed by atoms with van der Waals surface area (Å²) in [7, 11) is 1.63. The molecule has 0 saturated carbocycles. The van der Waals surface area contributed by atoms with Crippen LogP contribution < -0.4 is 10.5 Å². The van der Waals surface area contributed by atoms with E-state index in [1.165, 1.54) is 70.6 Å². The first-order valence-electron chi connectivity index (χ1n) is 11.1. The fourth-order valence-electron chi connectivity index (χ4n) is 3.58. The Hall–Kier alpha value is -1.35. The van der Waals surface area contributed by atoms with E-state index in [-0.39, 0.29) is 11.7 Å². The average molecular weight is 376 g/mol. The molecule has 1 aromatic carbocycles. The molecule has 3 heteroatoms. The monoisotopic (exact) mass is 375 g/mol. The third-order valence-corrected chi connectivity index (χ3v) is 5.44. The molecule has 0 amide bonds. The van der Waals surface area contributed by atoms with Crippen LogP contribution in [-0.4, -0.2) is 19.4 Å². The van der Waals surface area contributed by atoms with Crippen molar-refractivity contribution in [2.24, 2.45) is 11.7 Å². The van der Waals surface area contributed by atoms with Gasteiger partial charge in [0.25, 0.3) is 0 Å². The molecule has 1 unspecified atom stereocenters. The zero-order valence-electron chi connectivity index (χ0n) is 17.7. The maximum atomic E-state index is 12.6. The van der Waals surface area contributed by atoms with Gasteiger partial charge < -0.3 is 10.5 Å². The van der Waals surface area contributed by atoms with E-state index in [4.69, 9.17) is 10.5 Å². The normalized spacial score (nSPS) is 12.1. The van der Waals surface area contributed by atoms with Gasteiger partial charge in [-0.2, -0.15) is 0 Å². The molecule has 0 aromatic heterocycles. The van der Waals surface area contributed by atoms with E-state index in [1.807, 2.05) is 24.3 Å². The second-order valence-corrected chi connectivity index (χ2v) is 7.70. The summed E-state index contributed by atoms with van der Waals surface area (Å²) >= 11 is 0. The van der Waals surface area contributed by atoms with Gasteiger partial charge in [0.05, 0.1) is 7.11 Å². The Balaban J connectivity index is 2.08. The lowest BCUT2D eigenvalue weighted by atomic mass is 9.92. The van der Waals surface area contributed by atoms with Crippen LogP contribution >= 0.6 is 0 Å². The molecule has 0 aliphatic heterocycles. The molecule has 0 heterocycles. The van der Waals surface area contributed by atoms with Crippen LogP contribution in [0.1, 0.15) is 101 Å². The van der Waals surface area contributed by atoms with Gasteiger partial charge in [-0.3, -0.25) is 4.79 Å². The van der Waals surface area contributed by atoms with E-state index < -0.39 is 0 Å². The molecule has 0 fully saturated rings. The van der Waals surface area contributed by atoms with Crippen molar-refractivity contribution in [2.75, 3.05) is 13.7 Å². The molecule has 2 N–H and O–H groups in total. The van der Waals surface area contributed by atoms with Gasteiger partial charge in [-0.25, -0.2) is 0 Å². The van der Waals surface area contributed by atoms with Gasteiger partial charge in [0.1, 0.15) is 5.75 Å². The van der Waals surface area contributed by atoms with Crippen molar-refractivity contribution in [3.05, 3.63) is 29.8 Å². The number of hydrogen-bond donors (Lipinski definition) is 1. The first-order chi connectivity index (χ1) is 13.2. The maximum absolute atomic E-state index is 12.6. The van der Waals surface area contributed by atoms with Crippen LogP contribution in [0.2, 0.25) is 0 Å². The van der Waals surface area contributed by atoms with E-state index in [0.29, 0.717) is 6.54 Å². The smallest absolute Gasteiger partial charge is 0.167 e. The molecule has 27 heavy (non-hydrogen) atoms. The maximum Gasteiger partial charge on any atom is 0.167 e. The van der Waals surface area contributed by atoms with Gasteiger partial charge >= 0.3 is 0 Å². The van der Waals surface area contributed by atoms with Crippen LogP contribution in [0.5, 0.6) is 5.75 Å². The average Bonchev–Trinajstić information content (AvgIpc) is 2.71. The Morgan fingerprint density at radius 2 is 1.33 bits per heavy atom. The number of carbonyl (C=O) groups is 1. The number of ether oxygens (including phenoxy) is 1. The summed E-state index contributed by atoms with van der Waals surface area (Å²) in [4.78, 5) is 12.6. The fraction of sp³-hybridized carbons (Fsp3) is 0.708. The van der Waals surface area contributed by atoms with Gasteiger partial charge in [-0.05, 0) is 30.7 Å². The number of unbranched alkanes of at least 4 members (excludes halogenated alkanes) is 11. The van der Waals surface area contributed by atoms with Gasteiger partial charge in [0.15, 0.2) is 5.78 Å². The highest BCUT2D eigenvalue weighted by molar-refractivity contribution is 5.98. The Labute approximate surface area is 167 Å². The van der Waals surface area contributed by atoms with Gasteiger partial charge in [-0.1, -0.05) is 84.0 Å². The number of ketones is 1. The van der Waals surface area contributed by atoms with Crippen molar-refractivity contribution in [1.82, 2.24) is 0 Å². The molecule has 0 radical (unpaired) electrons. The van der Waals surface area contributed by atoms with Crippen LogP contribution in [0, 0.1) is 5.92 Å². The predicted molar refractivity (Wildman–Crippen MR) is 116 cm³/mol. The van der Waals surface area contributed by atoms with Crippen LogP contribution in [0.3, 0.4) is 0 Å². The molecule has 0 saturated heterocycles. The topological polar surface area (TPSA) is 52.3 Å². The van der Waals surface area contributed by atoms with E-state index >= 15 is 0 Å². The first kappa shape index (κ1) is 23.7. The summed E-state index contributed by atoms with van der Waals surface area (Å²) in [6.45, 7) is 2.70. The Bertz CT molecular complexity index is 484. The van der Waals surface area contributed by atoms with Crippen LogP contribution in [0.4, 0.5) is 0 Å². The van der Waals surface area contributed by atoms with Crippen molar-refractivity contribution >= 4 is 5.78 Å². The summed E-state index contributed by atoms with van der Waals surface area (Å²) in [5, 5.41) is 0. The Kier molecular flexibility index (Phi) is 13.8. The minimum Gasteiger partial charge on any atom is -0.497 e. The zero-order valence-corrected chi connectivity index (χ0v) is 17.7. The van der Waals surface area contributed by atoms with Gasteiger partial charge in [0.2, 0.25) is 0 Å². The number of Topliss-reactive ketones (excluding diaryl/α,β-unsaturated/α-hetero) is 1. The molecule has 0 aliphatic carbocycles. The molecule has 1 aromatic rings. The summed E-state index contributed by atoms with van der Waals surface area (Å²) in [6, 6.07) is 7.35. The fourth-order valence-corrected chi connectivity index (χ4v) is 3.58. The summed E-state index contributed by atoms with van der Waals surface area (Å²) < 4.78 is 5.15. The van der Waals surface area contributed by atoms with Crippen molar-refractivity contribution in [3.63, 3.8) is 0 Å². The second kappa shape index (κ2) is 15.7. The number of hydrogen-bond acceptors (Lipinski definition) is 3. The van der Waals surface area contributed by atoms with Gasteiger partial charge in [0, 0.05) is 18.0 Å². The zero-order chi connectivity index (χ0) is 19.7. The number of methoxy groups -OCH3 is 1. The second-order valence-electron chi connectivity index (χ2n) is 7.70. The lowest BCUT2D eigenvalue weighted by Crippen LogP contribution is -2.23. The number of benzene rings is 1. The third-order valence-electron chi connectivity index (χ3n) is 5.44. The molecular formula is C24H41NO2. The number of carbonyl (C=O) groups excluding carboxylic acids is 1. The molecule has 154 valence electrons. The van der Waals surface area contributed by atoms with Gasteiger partial charge in [-0.15, -0.1) is 0 Å². The minimum atomic E-state index is -0.0542. The van der Waals surface area contributed by atoms with Crippen LogP contribution in [0.15, 0.2) is 24.3 Å². The lowest BCUT2D eigenvalue weighted by molar-refractivity contribution is 0.0916. The largest absolute Gasteiger partial charge is 0.497 e. The minimum absolute atomic E-state index is 0.0542. The molecule has 0 aliphatic rings. The number of rotatable bonds is 17. The molecule has 0 bridgehead atoms. The highest BCUT2D eigenvalue weighted by Crippen LogP contribution is 2.19. The lowest BCUT2D eigenvalue weighted by Gasteiger charge is -2.14. The first-order valence-corrected chi connectivity index (χ1v) is 11.1. The third kappa shape index (κ3) is 10.5. The van der Waals surface area contributed by atoms with E-state index in [0.717, 1.165) is 24.2 Å². The van der Waals surface area contributed by atoms with E-state index in [1.54, 1.807) is 7.11 Å². The summed E-state index contributed by atoms with van der Waals surface area (Å²) in [6.07, 6.45) is 16.9.